The second-order valence-electron chi connectivity index (χ2n) is 3.63. The topological polar surface area (TPSA) is 70.2 Å². The number of aliphatic carboxylic acids is 1. The van der Waals surface area contributed by atoms with Gasteiger partial charge in [-0.15, -0.1) is 0 Å². The van der Waals surface area contributed by atoms with Crippen LogP contribution in [0.3, 0.4) is 0 Å². The summed E-state index contributed by atoms with van der Waals surface area (Å²) in [6.45, 7) is 0. The number of rotatable bonds is 3. The monoisotopic (exact) mass is 229 g/mol. The van der Waals surface area contributed by atoms with Gasteiger partial charge in [-0.25, -0.2) is 0 Å². The van der Waals surface area contributed by atoms with E-state index in [4.69, 9.17) is 5.11 Å². The number of H-pyrrole nitrogens is 1. The number of carbonyl (C=O) groups is 1. The number of benzene rings is 1. The van der Waals surface area contributed by atoms with Crippen LogP contribution >= 0.6 is 0 Å². The van der Waals surface area contributed by atoms with Crippen LogP contribution in [0.25, 0.3) is 11.1 Å². The second kappa shape index (κ2) is 4.65. The Morgan fingerprint density at radius 3 is 2.53 bits per heavy atom. The van der Waals surface area contributed by atoms with E-state index in [1.807, 2.05) is 18.2 Å². The Labute approximate surface area is 97.6 Å². The van der Waals surface area contributed by atoms with E-state index in [0.717, 1.165) is 5.56 Å². The van der Waals surface area contributed by atoms with E-state index >= 15 is 0 Å². The van der Waals surface area contributed by atoms with Crippen molar-refractivity contribution < 1.29 is 9.90 Å². The Morgan fingerprint density at radius 2 is 1.88 bits per heavy atom. The van der Waals surface area contributed by atoms with Crippen molar-refractivity contribution >= 4 is 5.97 Å². The third kappa shape index (κ3) is 2.42. The number of nitrogens with one attached hydrogen (secondary N) is 1. The van der Waals surface area contributed by atoms with E-state index in [1.54, 1.807) is 12.1 Å². The number of carboxylic acid groups (broad SMARTS) is 1. The zero-order chi connectivity index (χ0) is 12.3. The summed E-state index contributed by atoms with van der Waals surface area (Å²) in [4.78, 5) is 25.4. The average Bonchev–Trinajstić information content (AvgIpc) is 2.29. The quantitative estimate of drug-likeness (QED) is 0.841. The van der Waals surface area contributed by atoms with Crippen LogP contribution in [0, 0.1) is 0 Å². The van der Waals surface area contributed by atoms with Crippen LogP contribution in [0.5, 0.6) is 0 Å². The first-order valence-electron chi connectivity index (χ1n) is 5.16. The van der Waals surface area contributed by atoms with Crippen molar-refractivity contribution in [1.82, 2.24) is 4.98 Å². The maximum absolute atomic E-state index is 11.8. The van der Waals surface area contributed by atoms with Crippen LogP contribution in [-0.4, -0.2) is 16.1 Å². The molecule has 0 saturated heterocycles. The van der Waals surface area contributed by atoms with E-state index in [2.05, 4.69) is 4.98 Å². The molecule has 4 heteroatoms. The molecule has 1 aromatic heterocycles. The Hall–Kier alpha value is -2.36. The number of hydrogen-bond acceptors (Lipinski definition) is 2. The lowest BCUT2D eigenvalue weighted by Crippen LogP contribution is -2.12. The van der Waals surface area contributed by atoms with Crippen LogP contribution in [0.15, 0.2) is 47.4 Å². The van der Waals surface area contributed by atoms with E-state index in [1.165, 1.54) is 12.3 Å². The van der Waals surface area contributed by atoms with Gasteiger partial charge < -0.3 is 10.1 Å². The number of carboxylic acids is 1. The molecule has 0 spiro atoms. The van der Waals surface area contributed by atoms with Crippen molar-refractivity contribution in [1.29, 1.82) is 0 Å². The highest BCUT2D eigenvalue weighted by Gasteiger charge is 2.11. The number of aromatic amines is 1. The third-order valence-corrected chi connectivity index (χ3v) is 2.43. The summed E-state index contributed by atoms with van der Waals surface area (Å²) in [5.74, 6) is -0.968. The van der Waals surface area contributed by atoms with Crippen LogP contribution in [0.2, 0.25) is 0 Å². The van der Waals surface area contributed by atoms with Crippen LogP contribution < -0.4 is 5.43 Å². The van der Waals surface area contributed by atoms with E-state index in [9.17, 15) is 9.59 Å². The Kier molecular flexibility index (Phi) is 3.05. The van der Waals surface area contributed by atoms with E-state index in [-0.39, 0.29) is 11.8 Å². The molecule has 0 unspecified atom stereocenters. The van der Waals surface area contributed by atoms with Gasteiger partial charge in [0, 0.05) is 23.5 Å². The van der Waals surface area contributed by atoms with Gasteiger partial charge in [0.1, 0.15) is 0 Å². The number of hydrogen-bond donors (Lipinski definition) is 2. The molecule has 1 heterocycles. The Morgan fingerprint density at radius 1 is 1.18 bits per heavy atom. The fraction of sp³-hybridized carbons (Fsp3) is 0.0769. The zero-order valence-electron chi connectivity index (χ0n) is 9.01. The summed E-state index contributed by atoms with van der Waals surface area (Å²) in [6.07, 6.45) is 1.27. The molecular formula is C13H11NO3. The molecule has 86 valence electrons. The van der Waals surface area contributed by atoms with Gasteiger partial charge in [0.25, 0.3) is 0 Å². The van der Waals surface area contributed by atoms with Crippen molar-refractivity contribution in [3.05, 3.63) is 58.5 Å². The predicted molar refractivity (Wildman–Crippen MR) is 63.8 cm³/mol. The van der Waals surface area contributed by atoms with Gasteiger partial charge in [0.05, 0.1) is 6.42 Å². The fourth-order valence-corrected chi connectivity index (χ4v) is 1.73. The molecule has 1 aromatic carbocycles. The highest BCUT2D eigenvalue weighted by molar-refractivity contribution is 5.75. The number of pyridine rings is 1. The third-order valence-electron chi connectivity index (χ3n) is 2.43. The summed E-state index contributed by atoms with van der Waals surface area (Å²) >= 11 is 0. The number of aromatic nitrogens is 1. The highest BCUT2D eigenvalue weighted by Crippen LogP contribution is 2.18. The van der Waals surface area contributed by atoms with Gasteiger partial charge >= 0.3 is 5.97 Å². The normalized spacial score (nSPS) is 10.1. The molecule has 0 aliphatic carbocycles. The first-order valence-corrected chi connectivity index (χ1v) is 5.16. The molecule has 0 aliphatic rings. The van der Waals surface area contributed by atoms with Crippen molar-refractivity contribution in [2.24, 2.45) is 0 Å². The summed E-state index contributed by atoms with van der Waals surface area (Å²) in [7, 11) is 0. The van der Waals surface area contributed by atoms with Crippen molar-refractivity contribution in [2.75, 3.05) is 0 Å². The summed E-state index contributed by atoms with van der Waals surface area (Å²) in [5, 5.41) is 8.81. The van der Waals surface area contributed by atoms with Gasteiger partial charge in [0.15, 0.2) is 5.43 Å². The molecule has 4 nitrogen and oxygen atoms in total. The molecule has 0 saturated carbocycles. The van der Waals surface area contributed by atoms with Gasteiger partial charge in [-0.2, -0.15) is 0 Å². The van der Waals surface area contributed by atoms with Crippen molar-refractivity contribution in [3.8, 4) is 11.1 Å². The molecule has 0 atom stereocenters. The lowest BCUT2D eigenvalue weighted by molar-refractivity contribution is -0.136. The summed E-state index contributed by atoms with van der Waals surface area (Å²) in [6, 6.07) is 10.4. The maximum atomic E-state index is 11.8. The molecule has 2 N–H and O–H groups in total. The van der Waals surface area contributed by atoms with E-state index < -0.39 is 5.97 Å². The van der Waals surface area contributed by atoms with Crippen molar-refractivity contribution in [2.45, 2.75) is 6.42 Å². The maximum Gasteiger partial charge on any atom is 0.309 e. The van der Waals surface area contributed by atoms with Crippen molar-refractivity contribution in [3.63, 3.8) is 0 Å². The predicted octanol–water partition coefficient (Wildman–Crippen LogP) is 1.67. The van der Waals surface area contributed by atoms with Crippen LogP contribution in [0.4, 0.5) is 0 Å². The zero-order valence-corrected chi connectivity index (χ0v) is 9.01. The molecule has 0 aliphatic heterocycles. The molecule has 0 fully saturated rings. The molecule has 2 rings (SSSR count). The fourth-order valence-electron chi connectivity index (χ4n) is 1.73. The first-order chi connectivity index (χ1) is 8.18. The largest absolute Gasteiger partial charge is 0.481 e. The molecule has 17 heavy (non-hydrogen) atoms. The van der Waals surface area contributed by atoms with Gasteiger partial charge in [-0.1, -0.05) is 30.3 Å². The SMILES string of the molecule is O=C(O)Cc1[nH]ccc(=O)c1-c1ccccc1. The smallest absolute Gasteiger partial charge is 0.309 e. The molecular weight excluding hydrogens is 218 g/mol. The first kappa shape index (κ1) is 11.1. The summed E-state index contributed by atoms with van der Waals surface area (Å²) < 4.78 is 0. The van der Waals surface area contributed by atoms with Gasteiger partial charge in [-0.3, -0.25) is 9.59 Å². The summed E-state index contributed by atoms with van der Waals surface area (Å²) in [5.41, 5.74) is 1.41. The standard InChI is InChI=1S/C13H11NO3/c15-11-6-7-14-10(8-12(16)17)13(11)9-4-2-1-3-5-9/h1-7H,8H2,(H,14,15)(H,16,17). The average molecular weight is 229 g/mol. The van der Waals surface area contributed by atoms with Gasteiger partial charge in [0.2, 0.25) is 0 Å². The molecule has 0 bridgehead atoms. The Balaban J connectivity index is 2.59. The molecule has 0 radical (unpaired) electrons. The molecule has 0 amide bonds. The minimum Gasteiger partial charge on any atom is -0.481 e. The highest BCUT2D eigenvalue weighted by atomic mass is 16.4. The van der Waals surface area contributed by atoms with Gasteiger partial charge in [-0.05, 0) is 5.56 Å². The van der Waals surface area contributed by atoms with Crippen LogP contribution in [0.1, 0.15) is 5.69 Å². The lowest BCUT2D eigenvalue weighted by atomic mass is 10.0. The van der Waals surface area contributed by atoms with E-state index in [0.29, 0.717) is 11.3 Å². The lowest BCUT2D eigenvalue weighted by Gasteiger charge is -2.06. The minimum atomic E-state index is -0.968. The second-order valence-corrected chi connectivity index (χ2v) is 3.63. The van der Waals surface area contributed by atoms with Crippen LogP contribution in [-0.2, 0) is 11.2 Å². The Bertz CT molecular complexity index is 587. The minimum absolute atomic E-state index is 0.175. The molecule has 2 aromatic rings.